The van der Waals surface area contributed by atoms with Gasteiger partial charge in [-0.1, -0.05) is 115 Å². The molecule has 0 aliphatic carbocycles. The summed E-state index contributed by atoms with van der Waals surface area (Å²) in [6.07, 6.45) is 0. The van der Waals surface area contributed by atoms with Gasteiger partial charge in [-0.3, -0.25) is 0 Å². The van der Waals surface area contributed by atoms with Crippen LogP contribution < -0.4 is 0 Å². The van der Waals surface area contributed by atoms with Gasteiger partial charge in [0.15, 0.2) is 0 Å². The Kier molecular flexibility index (Phi) is 7.26. The van der Waals surface area contributed by atoms with Gasteiger partial charge in [0, 0.05) is 49.4 Å². The first-order chi connectivity index (χ1) is 29.2. The molecule has 274 valence electrons. The van der Waals surface area contributed by atoms with Crippen LogP contribution in [0.15, 0.2) is 206 Å². The number of rotatable bonds is 5. The van der Waals surface area contributed by atoms with Crippen LogP contribution in [0.2, 0.25) is 0 Å². The summed E-state index contributed by atoms with van der Waals surface area (Å²) in [5.41, 5.74) is 15.6. The van der Waals surface area contributed by atoms with Crippen LogP contribution in [-0.2, 0) is 0 Å². The summed E-state index contributed by atoms with van der Waals surface area (Å²) in [6, 6.07) is 76.3. The summed E-state index contributed by atoms with van der Waals surface area (Å²) < 4.78 is 7.22. The van der Waals surface area contributed by atoms with Gasteiger partial charge in [0.2, 0.25) is 0 Å². The van der Waals surface area contributed by atoms with E-state index in [1.807, 2.05) is 24.3 Å². The monoisotopic (exact) mass is 750 g/mol. The zero-order valence-corrected chi connectivity index (χ0v) is 31.9. The van der Waals surface area contributed by atoms with E-state index in [-0.39, 0.29) is 0 Å². The van der Waals surface area contributed by atoms with Crippen LogP contribution in [0.1, 0.15) is 5.56 Å². The smallest absolute Gasteiger partial charge is 0.0991 e. The molecule has 0 N–H and O–H groups in total. The molecule has 0 spiro atoms. The molecular formula is C55H34N4. The molecule has 0 aliphatic rings. The topological polar surface area (TPSA) is 38.6 Å². The summed E-state index contributed by atoms with van der Waals surface area (Å²) >= 11 is 0. The van der Waals surface area contributed by atoms with Crippen molar-refractivity contribution >= 4 is 65.4 Å². The molecule has 0 fully saturated rings. The van der Waals surface area contributed by atoms with Gasteiger partial charge < -0.3 is 13.7 Å². The van der Waals surface area contributed by atoms with Crippen LogP contribution in [0.5, 0.6) is 0 Å². The number of benzene rings is 9. The number of para-hydroxylation sites is 4. The van der Waals surface area contributed by atoms with Crippen molar-refractivity contribution in [2.75, 3.05) is 0 Å². The third-order valence-corrected chi connectivity index (χ3v) is 12.1. The molecule has 0 saturated heterocycles. The van der Waals surface area contributed by atoms with E-state index in [1.165, 1.54) is 54.4 Å². The number of nitrogens with zero attached hydrogens (tertiary/aromatic N) is 4. The summed E-state index contributed by atoms with van der Waals surface area (Å²) in [7, 11) is 0. The van der Waals surface area contributed by atoms with Crippen molar-refractivity contribution in [2.45, 2.75) is 0 Å². The second kappa shape index (κ2) is 13.0. The molecule has 0 saturated carbocycles. The molecule has 12 rings (SSSR count). The van der Waals surface area contributed by atoms with Gasteiger partial charge in [-0.2, -0.15) is 5.26 Å². The molecule has 0 atom stereocenters. The Balaban J connectivity index is 1.06. The van der Waals surface area contributed by atoms with Gasteiger partial charge in [0.25, 0.3) is 0 Å². The Labute approximate surface area is 340 Å². The number of aromatic nitrogens is 3. The molecule has 12 aromatic rings. The highest BCUT2D eigenvalue weighted by molar-refractivity contribution is 6.14. The lowest BCUT2D eigenvalue weighted by Gasteiger charge is -2.12. The second-order valence-corrected chi connectivity index (χ2v) is 15.3. The van der Waals surface area contributed by atoms with E-state index in [0.29, 0.717) is 5.56 Å². The van der Waals surface area contributed by atoms with Crippen LogP contribution in [0.4, 0.5) is 0 Å². The van der Waals surface area contributed by atoms with Gasteiger partial charge in [-0.15, -0.1) is 0 Å². The fourth-order valence-electron chi connectivity index (χ4n) is 9.38. The minimum Gasteiger partial charge on any atom is -0.309 e. The van der Waals surface area contributed by atoms with Crippen molar-refractivity contribution in [3.63, 3.8) is 0 Å². The van der Waals surface area contributed by atoms with Gasteiger partial charge in [-0.25, -0.2) is 0 Å². The number of hydrogen-bond donors (Lipinski definition) is 0. The van der Waals surface area contributed by atoms with Crippen LogP contribution >= 0.6 is 0 Å². The third kappa shape index (κ3) is 5.09. The van der Waals surface area contributed by atoms with Gasteiger partial charge in [0.1, 0.15) is 0 Å². The van der Waals surface area contributed by atoms with Gasteiger partial charge >= 0.3 is 0 Å². The van der Waals surface area contributed by atoms with E-state index < -0.39 is 0 Å². The summed E-state index contributed by atoms with van der Waals surface area (Å²) in [4.78, 5) is 0. The van der Waals surface area contributed by atoms with Crippen molar-refractivity contribution in [3.8, 4) is 45.4 Å². The minimum absolute atomic E-state index is 0.663. The molecule has 0 aliphatic heterocycles. The molecule has 4 nitrogen and oxygen atoms in total. The highest BCUT2D eigenvalue weighted by Gasteiger charge is 2.19. The standard InChI is InChI=1S/C55H34N4/c56-35-36-20-22-37(23-21-36)39-10-9-11-40(32-39)38-24-26-41(27-25-38)57-54-30-28-42(58-50-16-5-1-12-44(50)45-13-2-6-17-51(45)58)33-48(54)49-34-43(29-31-55(49)57)59-52-18-7-3-14-46(52)47-15-4-8-19-53(47)59/h1-34H. The Bertz CT molecular complexity index is 3390. The second-order valence-electron chi connectivity index (χ2n) is 15.3. The molecule has 0 radical (unpaired) electrons. The Morgan fingerprint density at radius 3 is 1.05 bits per heavy atom. The van der Waals surface area contributed by atoms with E-state index in [4.69, 9.17) is 0 Å². The zero-order chi connectivity index (χ0) is 39.0. The Hall–Kier alpha value is -8.13. The quantitative estimate of drug-likeness (QED) is 0.173. The number of hydrogen-bond acceptors (Lipinski definition) is 1. The lowest BCUT2D eigenvalue weighted by Crippen LogP contribution is -1.96. The average Bonchev–Trinajstić information content (AvgIpc) is 3.94. The van der Waals surface area contributed by atoms with Crippen molar-refractivity contribution < 1.29 is 0 Å². The average molecular weight is 751 g/mol. The first-order valence-electron chi connectivity index (χ1n) is 20.0. The predicted molar refractivity (Wildman–Crippen MR) is 245 cm³/mol. The largest absolute Gasteiger partial charge is 0.309 e. The van der Waals surface area contributed by atoms with Crippen molar-refractivity contribution in [1.82, 2.24) is 13.7 Å². The lowest BCUT2D eigenvalue weighted by molar-refractivity contribution is 1.16. The number of nitriles is 1. The molecule has 59 heavy (non-hydrogen) atoms. The van der Waals surface area contributed by atoms with Crippen molar-refractivity contribution in [2.24, 2.45) is 0 Å². The first-order valence-corrected chi connectivity index (χ1v) is 20.0. The first kappa shape index (κ1) is 33.1. The van der Waals surface area contributed by atoms with Crippen LogP contribution in [0, 0.1) is 11.3 Å². The maximum atomic E-state index is 9.29. The fourth-order valence-corrected chi connectivity index (χ4v) is 9.38. The highest BCUT2D eigenvalue weighted by atomic mass is 15.0. The van der Waals surface area contributed by atoms with E-state index in [1.54, 1.807) is 0 Å². The molecule has 0 amide bonds. The number of fused-ring (bicyclic) bond motifs is 9. The van der Waals surface area contributed by atoms with Gasteiger partial charge in [-0.05, 0) is 113 Å². The summed E-state index contributed by atoms with van der Waals surface area (Å²) in [6.45, 7) is 0. The zero-order valence-electron chi connectivity index (χ0n) is 31.9. The van der Waals surface area contributed by atoms with Crippen molar-refractivity contribution in [1.29, 1.82) is 5.26 Å². The van der Waals surface area contributed by atoms with Crippen LogP contribution in [0.3, 0.4) is 0 Å². The molecule has 9 aromatic carbocycles. The van der Waals surface area contributed by atoms with E-state index >= 15 is 0 Å². The molecule has 3 heterocycles. The van der Waals surface area contributed by atoms with Crippen LogP contribution in [0.25, 0.3) is 105 Å². The molecule has 0 unspecified atom stereocenters. The maximum absolute atomic E-state index is 9.29. The predicted octanol–water partition coefficient (Wildman–Crippen LogP) is 14.2. The van der Waals surface area contributed by atoms with E-state index in [2.05, 4.69) is 202 Å². The molecule has 0 bridgehead atoms. The SMILES string of the molecule is N#Cc1ccc(-c2cccc(-c3ccc(-n4c5ccc(-n6c7ccccc7c7ccccc76)cc5c5cc(-n6c7ccccc7c7ccccc76)ccc54)cc3)c2)cc1. The molecule has 4 heteroatoms. The molecular weight excluding hydrogens is 717 g/mol. The van der Waals surface area contributed by atoms with Crippen molar-refractivity contribution in [3.05, 3.63) is 212 Å². The minimum atomic E-state index is 0.663. The third-order valence-electron chi connectivity index (χ3n) is 12.1. The van der Waals surface area contributed by atoms with E-state index in [0.717, 1.165) is 50.3 Å². The summed E-state index contributed by atoms with van der Waals surface area (Å²) in [5, 5.41) is 16.7. The fraction of sp³-hybridized carbons (Fsp3) is 0. The lowest BCUT2D eigenvalue weighted by atomic mass is 9.98. The Morgan fingerprint density at radius 1 is 0.271 bits per heavy atom. The van der Waals surface area contributed by atoms with Gasteiger partial charge in [0.05, 0.1) is 44.7 Å². The highest BCUT2D eigenvalue weighted by Crippen LogP contribution is 2.40. The Morgan fingerprint density at radius 2 is 0.627 bits per heavy atom. The molecule has 3 aromatic heterocycles. The maximum Gasteiger partial charge on any atom is 0.0991 e. The van der Waals surface area contributed by atoms with E-state index in [9.17, 15) is 5.26 Å². The normalized spacial score (nSPS) is 11.7. The van der Waals surface area contributed by atoms with Crippen LogP contribution in [-0.4, -0.2) is 13.7 Å². The summed E-state index contributed by atoms with van der Waals surface area (Å²) in [5.74, 6) is 0.